The summed E-state index contributed by atoms with van der Waals surface area (Å²) in [6, 6.07) is 2.58. The predicted molar refractivity (Wildman–Crippen MR) is 160 cm³/mol. The molecule has 0 aliphatic heterocycles. The van der Waals surface area contributed by atoms with E-state index < -0.39 is 59.0 Å². The number of benzene rings is 1. The van der Waals surface area contributed by atoms with Crippen LogP contribution >= 0.6 is 23.2 Å². The number of rotatable bonds is 9. The van der Waals surface area contributed by atoms with E-state index in [-0.39, 0.29) is 59.5 Å². The molecule has 5 rings (SSSR count). The number of aliphatic imine (C=N–C) groups is 1. The predicted octanol–water partition coefficient (Wildman–Crippen LogP) is 7.73. The Bertz CT molecular complexity index is 1290. The van der Waals surface area contributed by atoms with Crippen LogP contribution in [0.3, 0.4) is 0 Å². The fourth-order valence-corrected chi connectivity index (χ4v) is 7.75. The second kappa shape index (κ2) is 12.1. The van der Waals surface area contributed by atoms with Crippen LogP contribution < -0.4 is 0 Å². The van der Waals surface area contributed by atoms with Crippen molar-refractivity contribution in [3.63, 3.8) is 0 Å². The third-order valence-corrected chi connectivity index (χ3v) is 10.4. The van der Waals surface area contributed by atoms with Gasteiger partial charge >= 0.3 is 12.1 Å². The van der Waals surface area contributed by atoms with Gasteiger partial charge in [0.05, 0.1) is 33.1 Å². The minimum Gasteiger partial charge on any atom is -0.481 e. The molecule has 4 saturated carbocycles. The number of halogens is 5. The first kappa shape index (κ1) is 33.4. The molecule has 0 aromatic heterocycles. The second-order valence-corrected chi connectivity index (χ2v) is 14.2. The monoisotopic (exact) mass is 643 g/mol. The van der Waals surface area contributed by atoms with Crippen molar-refractivity contribution in [3.8, 4) is 0 Å². The van der Waals surface area contributed by atoms with Crippen LogP contribution in [0, 0.1) is 29.1 Å². The van der Waals surface area contributed by atoms with Gasteiger partial charge in [-0.1, -0.05) is 37.0 Å². The highest BCUT2D eigenvalue weighted by atomic mass is 35.5. The van der Waals surface area contributed by atoms with Gasteiger partial charge < -0.3 is 15.4 Å². The van der Waals surface area contributed by atoms with Crippen molar-refractivity contribution in [2.24, 2.45) is 21.7 Å². The van der Waals surface area contributed by atoms with Crippen LogP contribution in [0.15, 0.2) is 17.1 Å². The van der Waals surface area contributed by atoms with Crippen molar-refractivity contribution in [2.75, 3.05) is 6.54 Å². The number of nitrogens with zero attached hydrogens (tertiary/aromatic N) is 2. The van der Waals surface area contributed by atoms with Gasteiger partial charge in [0, 0.05) is 12.3 Å². The Hall–Kier alpha value is -2.46. The molecule has 1 aromatic rings. The van der Waals surface area contributed by atoms with Crippen molar-refractivity contribution in [1.82, 2.24) is 4.90 Å². The Balaban J connectivity index is 1.70. The fourth-order valence-electron chi connectivity index (χ4n) is 6.95. The lowest BCUT2D eigenvalue weighted by atomic mass is 9.57. The lowest BCUT2D eigenvalue weighted by Crippen LogP contribution is -2.53. The van der Waals surface area contributed by atoms with Crippen LogP contribution in [0.25, 0.3) is 0 Å². The van der Waals surface area contributed by atoms with E-state index in [4.69, 9.17) is 28.6 Å². The average molecular weight is 645 g/mol. The molecule has 0 radical (unpaired) electrons. The average Bonchev–Trinajstić information content (AvgIpc) is 2.91. The van der Waals surface area contributed by atoms with Crippen molar-refractivity contribution in [2.45, 2.75) is 103 Å². The molecule has 12 heteroatoms. The fraction of sp³-hybridized carbons (Fsp3) is 0.645. The van der Waals surface area contributed by atoms with Gasteiger partial charge in [0.2, 0.25) is 5.91 Å². The largest absolute Gasteiger partial charge is 0.481 e. The topological polar surface area (TPSA) is 111 Å². The summed E-state index contributed by atoms with van der Waals surface area (Å²) in [7, 11) is 0. The molecule has 1 atom stereocenters. The summed E-state index contributed by atoms with van der Waals surface area (Å²) >= 11 is 12.7. The molecule has 1 amide bonds. The number of carboxylic acid groups (broad SMARTS) is 1. The van der Waals surface area contributed by atoms with E-state index >= 15 is 0 Å². The molecule has 1 aromatic carbocycles. The highest BCUT2D eigenvalue weighted by Gasteiger charge is 2.55. The zero-order valence-electron chi connectivity index (χ0n) is 24.6. The van der Waals surface area contributed by atoms with Gasteiger partial charge in [-0.15, -0.1) is 0 Å². The molecule has 1 unspecified atom stereocenters. The van der Waals surface area contributed by atoms with E-state index in [1.54, 1.807) is 19.1 Å². The Morgan fingerprint density at radius 3 is 2.00 bits per heavy atom. The van der Waals surface area contributed by atoms with E-state index in [9.17, 15) is 32.7 Å². The highest BCUT2D eigenvalue weighted by Crippen LogP contribution is 2.54. The minimum absolute atomic E-state index is 0.01000. The lowest BCUT2D eigenvalue weighted by molar-refractivity contribution is -0.156. The number of ketones is 1. The van der Waals surface area contributed by atoms with E-state index in [1.165, 1.54) is 0 Å². The van der Waals surface area contributed by atoms with E-state index in [2.05, 4.69) is 18.8 Å². The summed E-state index contributed by atoms with van der Waals surface area (Å²) in [5, 5.41) is 17.8. The molecular weight excluding hydrogens is 606 g/mol. The van der Waals surface area contributed by atoms with Crippen molar-refractivity contribution in [1.29, 1.82) is 5.41 Å². The van der Waals surface area contributed by atoms with E-state index in [1.807, 2.05) is 0 Å². The number of aryl methyl sites for hydroxylation is 1. The third-order valence-electron chi connectivity index (χ3n) is 9.85. The number of hydrogen-bond acceptors (Lipinski definition) is 5. The maximum atomic E-state index is 14.7. The van der Waals surface area contributed by atoms with E-state index in [0.717, 1.165) is 4.90 Å². The molecule has 43 heavy (non-hydrogen) atoms. The Morgan fingerprint density at radius 2 is 1.56 bits per heavy atom. The molecule has 2 N–H and O–H groups in total. The third kappa shape index (κ3) is 6.95. The van der Waals surface area contributed by atoms with Gasteiger partial charge in [0.15, 0.2) is 5.78 Å². The van der Waals surface area contributed by atoms with Crippen molar-refractivity contribution in [3.05, 3.63) is 33.3 Å². The number of nitrogens with one attached hydrogen (secondary N) is 1. The molecule has 0 spiro atoms. The summed E-state index contributed by atoms with van der Waals surface area (Å²) < 4.78 is 44.0. The molecule has 236 valence electrons. The van der Waals surface area contributed by atoms with Crippen LogP contribution in [-0.2, 0) is 9.59 Å². The Labute approximate surface area is 259 Å². The Kier molecular flexibility index (Phi) is 9.44. The van der Waals surface area contributed by atoms with Gasteiger partial charge in [-0.3, -0.25) is 19.4 Å². The van der Waals surface area contributed by atoms with Crippen LogP contribution in [-0.4, -0.2) is 63.9 Å². The first-order valence-corrected chi connectivity index (χ1v) is 15.4. The van der Waals surface area contributed by atoms with Crippen molar-refractivity contribution >= 4 is 52.8 Å². The molecule has 4 fully saturated rings. The highest BCUT2D eigenvalue weighted by molar-refractivity contribution is 6.40. The molecule has 2 bridgehead atoms. The maximum absolute atomic E-state index is 14.7. The van der Waals surface area contributed by atoms with Gasteiger partial charge in [0.1, 0.15) is 11.6 Å². The number of hydrogen-bond donors (Lipinski definition) is 2. The number of amides is 1. The lowest BCUT2D eigenvalue weighted by Gasteiger charge is -2.49. The molecule has 7 nitrogen and oxygen atoms in total. The summed E-state index contributed by atoms with van der Waals surface area (Å²) in [6.45, 7) is 5.36. The van der Waals surface area contributed by atoms with Gasteiger partial charge in [-0.05, 0) is 94.2 Å². The summed E-state index contributed by atoms with van der Waals surface area (Å²) in [5.74, 6) is -4.63. The number of carbonyl (C=O) groups is 3. The molecule has 4 aliphatic carbocycles. The van der Waals surface area contributed by atoms with Crippen LogP contribution in [0.2, 0.25) is 10.0 Å². The molecule has 0 saturated heterocycles. The standard InChI is InChI=1S/C31H38Cl2F3N3O4/c1-18-14-21(32)24(22(33)15-18)23(40)17-39(19-4-6-28(2,3)7-5-19)26(41)20(16-37)25(31(34,35)36)38-30-11-8-29(9-12-30,10-13-30)27(42)43/h14-16,19-20,37H,4-13,17H2,1-3H3,(H,42,43). The van der Waals surface area contributed by atoms with Crippen LogP contribution in [0.5, 0.6) is 0 Å². The van der Waals surface area contributed by atoms with Gasteiger partial charge in [-0.25, -0.2) is 0 Å². The molecular formula is C31H38Cl2F3N3O4. The first-order valence-electron chi connectivity index (χ1n) is 14.6. The summed E-state index contributed by atoms with van der Waals surface area (Å²) in [4.78, 5) is 44.8. The summed E-state index contributed by atoms with van der Waals surface area (Å²) in [6.07, 6.45) is -1.14. The number of carbonyl (C=O) groups excluding carboxylic acids is 2. The number of aliphatic carboxylic acids is 1. The number of fused-ring (bicyclic) bond motifs is 3. The van der Waals surface area contributed by atoms with Crippen LogP contribution in [0.4, 0.5) is 13.2 Å². The number of Topliss-reactive ketones (excluding diaryl/α,β-unsaturated/α-hetero) is 1. The minimum atomic E-state index is -5.03. The second-order valence-electron chi connectivity index (χ2n) is 13.3. The zero-order chi connectivity index (χ0) is 32.0. The van der Waals surface area contributed by atoms with Gasteiger partial charge in [-0.2, -0.15) is 13.2 Å². The molecule has 0 heterocycles. The normalized spacial score (nSPS) is 26.6. The van der Waals surface area contributed by atoms with Gasteiger partial charge in [0.25, 0.3) is 0 Å². The molecule has 4 aliphatic rings. The van der Waals surface area contributed by atoms with E-state index in [0.29, 0.717) is 37.5 Å². The number of alkyl halides is 3. The maximum Gasteiger partial charge on any atom is 0.430 e. The van der Waals surface area contributed by atoms with Crippen molar-refractivity contribution < 1.29 is 32.7 Å². The quantitative estimate of drug-likeness (QED) is 0.212. The number of carboxylic acids is 1. The zero-order valence-corrected chi connectivity index (χ0v) is 26.1. The SMILES string of the molecule is Cc1cc(Cl)c(C(=O)CN(C(=O)C(C=N)C(=NC23CCC(C(=O)O)(CC2)CC3)C(F)(F)F)C2CCC(C)(C)CC2)c(Cl)c1. The first-order chi connectivity index (χ1) is 19.9. The summed E-state index contributed by atoms with van der Waals surface area (Å²) in [5.41, 5.74) is -2.79. The van der Waals surface area contributed by atoms with Crippen LogP contribution in [0.1, 0.15) is 94.0 Å². The smallest absolute Gasteiger partial charge is 0.430 e. The Morgan fingerprint density at radius 1 is 1.05 bits per heavy atom.